The van der Waals surface area contributed by atoms with E-state index in [1.54, 1.807) is 0 Å². The fourth-order valence-electron chi connectivity index (χ4n) is 8.64. The molecule has 0 heterocycles. The molecule has 0 amide bonds. The second-order valence-corrected chi connectivity index (χ2v) is 11.4. The van der Waals surface area contributed by atoms with Crippen LogP contribution in [0.5, 0.6) is 0 Å². The smallest absolute Gasteiger partial charge is 0.00952 e. The Bertz CT molecular complexity index is 728. The first kappa shape index (κ1) is 20.6. The Morgan fingerprint density at radius 3 is 2.13 bits per heavy atom. The maximum Gasteiger partial charge on any atom is -0.00952 e. The summed E-state index contributed by atoms with van der Waals surface area (Å²) in [6.45, 7) is 8.65. The Hall–Kier alpha value is -1.30. The summed E-state index contributed by atoms with van der Waals surface area (Å²) in [6, 6.07) is 0. The number of hydrogen-bond acceptors (Lipinski definition) is 0. The van der Waals surface area contributed by atoms with Crippen LogP contribution in [0.3, 0.4) is 0 Å². The zero-order valence-electron chi connectivity index (χ0n) is 19.4. The molecule has 3 fully saturated rings. The summed E-state index contributed by atoms with van der Waals surface area (Å²) >= 11 is 0. The molecule has 0 aromatic carbocycles. The quantitative estimate of drug-likeness (QED) is 0.405. The van der Waals surface area contributed by atoms with Crippen molar-refractivity contribution in [2.45, 2.75) is 78.1 Å². The van der Waals surface area contributed by atoms with Crippen LogP contribution >= 0.6 is 0 Å². The summed E-state index contributed by atoms with van der Waals surface area (Å²) in [7, 11) is 0. The molecular weight excluding hydrogens is 360 g/mol. The fourth-order valence-corrected chi connectivity index (χ4v) is 8.64. The first-order valence-corrected chi connectivity index (χ1v) is 13.0. The molecule has 0 nitrogen and oxygen atoms in total. The van der Waals surface area contributed by atoms with Gasteiger partial charge in [0, 0.05) is 0 Å². The number of hydrogen-bond donors (Lipinski definition) is 0. The van der Waals surface area contributed by atoms with Crippen LogP contribution in [-0.4, -0.2) is 0 Å². The van der Waals surface area contributed by atoms with Crippen molar-refractivity contribution in [3.8, 4) is 0 Å². The van der Waals surface area contributed by atoms with Crippen molar-refractivity contribution in [2.75, 3.05) is 0 Å². The Morgan fingerprint density at radius 1 is 0.900 bits per heavy atom. The average molecular weight is 403 g/mol. The van der Waals surface area contributed by atoms with E-state index in [-0.39, 0.29) is 0 Å². The third kappa shape index (κ3) is 3.43. The zero-order valence-corrected chi connectivity index (χ0v) is 19.4. The Labute approximate surface area is 185 Å². The summed E-state index contributed by atoms with van der Waals surface area (Å²) in [5, 5.41) is 0. The summed E-state index contributed by atoms with van der Waals surface area (Å²) in [5.41, 5.74) is 3.59. The van der Waals surface area contributed by atoms with Crippen LogP contribution in [0.4, 0.5) is 0 Å². The monoisotopic (exact) mass is 402 g/mol. The molecule has 0 saturated heterocycles. The highest BCUT2D eigenvalue weighted by Crippen LogP contribution is 2.66. The zero-order chi connectivity index (χ0) is 20.7. The molecule has 30 heavy (non-hydrogen) atoms. The van der Waals surface area contributed by atoms with Gasteiger partial charge in [-0.1, -0.05) is 79.4 Å². The normalized spacial score (nSPS) is 41.7. The minimum atomic E-state index is 0.577. The SMILES string of the molecule is C=CCCC1CCC(C2(C3C4C=C(C)C=CC4C4C=CC(C)=CC43)CCCCC2)C1. The van der Waals surface area contributed by atoms with E-state index in [0.717, 1.165) is 41.4 Å². The van der Waals surface area contributed by atoms with Crippen LogP contribution in [0, 0.1) is 46.8 Å². The molecule has 0 aromatic heterocycles. The molecule has 0 heteroatoms. The molecule has 5 aliphatic carbocycles. The van der Waals surface area contributed by atoms with E-state index in [2.05, 4.69) is 63.0 Å². The van der Waals surface area contributed by atoms with Crippen LogP contribution in [0.15, 0.2) is 60.3 Å². The molecule has 162 valence electrons. The fraction of sp³-hybridized carbons (Fsp3) is 0.667. The Balaban J connectivity index is 1.52. The largest absolute Gasteiger partial charge is 0.103 e. The molecule has 0 radical (unpaired) electrons. The van der Waals surface area contributed by atoms with Gasteiger partial charge < -0.3 is 0 Å². The van der Waals surface area contributed by atoms with Gasteiger partial charge in [-0.05, 0) is 99.2 Å². The van der Waals surface area contributed by atoms with Crippen LogP contribution in [0.2, 0.25) is 0 Å². The van der Waals surface area contributed by atoms with E-state index in [4.69, 9.17) is 0 Å². The van der Waals surface area contributed by atoms with Gasteiger partial charge in [0.15, 0.2) is 0 Å². The van der Waals surface area contributed by atoms with Gasteiger partial charge >= 0.3 is 0 Å². The van der Waals surface area contributed by atoms with E-state index in [0.29, 0.717) is 5.41 Å². The van der Waals surface area contributed by atoms with Crippen molar-refractivity contribution in [2.24, 2.45) is 46.8 Å². The summed E-state index contributed by atoms with van der Waals surface area (Å²) < 4.78 is 0. The second-order valence-electron chi connectivity index (χ2n) is 11.4. The Kier molecular flexibility index (Phi) is 5.72. The molecule has 0 aromatic rings. The molecule has 0 aliphatic heterocycles. The molecule has 0 spiro atoms. The van der Waals surface area contributed by atoms with Crippen molar-refractivity contribution in [1.82, 2.24) is 0 Å². The lowest BCUT2D eigenvalue weighted by Crippen LogP contribution is -2.44. The van der Waals surface area contributed by atoms with E-state index < -0.39 is 0 Å². The lowest BCUT2D eigenvalue weighted by molar-refractivity contribution is -0.00513. The molecule has 0 N–H and O–H groups in total. The van der Waals surface area contributed by atoms with Crippen molar-refractivity contribution in [3.05, 3.63) is 60.3 Å². The highest BCUT2D eigenvalue weighted by atomic mass is 14.6. The summed E-state index contributed by atoms with van der Waals surface area (Å²) in [6.07, 6.45) is 32.0. The van der Waals surface area contributed by atoms with E-state index in [1.807, 2.05) is 0 Å². The van der Waals surface area contributed by atoms with Gasteiger partial charge in [-0.15, -0.1) is 6.58 Å². The van der Waals surface area contributed by atoms with Gasteiger partial charge in [0.25, 0.3) is 0 Å². The first-order valence-electron chi connectivity index (χ1n) is 13.0. The van der Waals surface area contributed by atoms with Gasteiger partial charge in [0.05, 0.1) is 0 Å². The van der Waals surface area contributed by atoms with Gasteiger partial charge in [0.1, 0.15) is 0 Å². The van der Waals surface area contributed by atoms with Crippen LogP contribution < -0.4 is 0 Å². The molecule has 5 aliphatic rings. The molecular formula is C30H42. The van der Waals surface area contributed by atoms with Crippen LogP contribution in [0.1, 0.15) is 78.1 Å². The van der Waals surface area contributed by atoms with Crippen molar-refractivity contribution < 1.29 is 0 Å². The van der Waals surface area contributed by atoms with Gasteiger partial charge in [0.2, 0.25) is 0 Å². The van der Waals surface area contributed by atoms with E-state index in [1.165, 1.54) is 75.4 Å². The maximum atomic E-state index is 3.99. The highest BCUT2D eigenvalue weighted by molar-refractivity contribution is 5.35. The van der Waals surface area contributed by atoms with E-state index >= 15 is 0 Å². The highest BCUT2D eigenvalue weighted by Gasteiger charge is 2.58. The topological polar surface area (TPSA) is 0 Å². The van der Waals surface area contributed by atoms with E-state index in [9.17, 15) is 0 Å². The van der Waals surface area contributed by atoms with Crippen LogP contribution in [-0.2, 0) is 0 Å². The maximum absolute atomic E-state index is 3.99. The lowest BCUT2D eigenvalue weighted by atomic mass is 9.53. The number of allylic oxidation sites excluding steroid dienone is 9. The summed E-state index contributed by atoms with van der Waals surface area (Å²) in [4.78, 5) is 0. The third-order valence-corrected chi connectivity index (χ3v) is 9.82. The minimum Gasteiger partial charge on any atom is -0.103 e. The van der Waals surface area contributed by atoms with Crippen LogP contribution in [0.25, 0.3) is 0 Å². The predicted octanol–water partition coefficient (Wildman–Crippen LogP) is 8.45. The predicted molar refractivity (Wildman–Crippen MR) is 129 cm³/mol. The van der Waals surface area contributed by atoms with Gasteiger partial charge in [-0.25, -0.2) is 0 Å². The molecule has 6 atom stereocenters. The van der Waals surface area contributed by atoms with Crippen molar-refractivity contribution in [3.63, 3.8) is 0 Å². The second kappa shape index (κ2) is 8.33. The number of fused-ring (bicyclic) bond motifs is 3. The molecule has 0 bridgehead atoms. The molecule has 5 rings (SSSR count). The average Bonchev–Trinajstić information content (AvgIpc) is 3.35. The van der Waals surface area contributed by atoms with Crippen molar-refractivity contribution in [1.29, 1.82) is 0 Å². The third-order valence-electron chi connectivity index (χ3n) is 9.82. The molecule has 3 saturated carbocycles. The lowest BCUT2D eigenvalue weighted by Gasteiger charge is -2.51. The van der Waals surface area contributed by atoms with Gasteiger partial charge in [-0.2, -0.15) is 0 Å². The first-order chi connectivity index (χ1) is 14.6. The summed E-state index contributed by atoms with van der Waals surface area (Å²) in [5.74, 6) is 5.70. The standard InChI is InChI=1S/C30H42/c1-4-5-9-23-12-13-24(20-23)30(16-7-6-8-17-30)29-27-18-21(2)10-14-25(27)26-15-11-22(3)19-28(26)29/h4,10-11,14-15,18-19,23-29H,1,5-9,12-13,16-17,20H2,2-3H3. The minimum absolute atomic E-state index is 0.577. The Morgan fingerprint density at radius 2 is 1.53 bits per heavy atom. The number of rotatable bonds is 5. The molecule has 6 unspecified atom stereocenters. The van der Waals surface area contributed by atoms with Gasteiger partial charge in [-0.3, -0.25) is 0 Å². The van der Waals surface area contributed by atoms with Crippen molar-refractivity contribution >= 4 is 0 Å².